The summed E-state index contributed by atoms with van der Waals surface area (Å²) >= 11 is 0. The summed E-state index contributed by atoms with van der Waals surface area (Å²) in [5.74, 6) is -1.43. The summed E-state index contributed by atoms with van der Waals surface area (Å²) < 4.78 is 14.1. The third kappa shape index (κ3) is 2.43. The number of aromatic carboxylic acids is 1. The molecule has 0 amide bonds. The van der Waals surface area contributed by atoms with Gasteiger partial charge in [-0.1, -0.05) is 4.48 Å². The molecular formula is C15H16FN3O3. The molecule has 2 aromatic rings. The Labute approximate surface area is 125 Å². The van der Waals surface area contributed by atoms with Crippen LogP contribution in [0.5, 0.6) is 0 Å². The quantitative estimate of drug-likeness (QED) is 0.873. The lowest BCUT2D eigenvalue weighted by molar-refractivity contribution is 0.0693. The van der Waals surface area contributed by atoms with Crippen molar-refractivity contribution in [3.8, 4) is 0 Å². The number of hydrogen-bond acceptors (Lipinski definition) is 4. The first-order valence-corrected chi connectivity index (χ1v) is 7.04. The maximum atomic E-state index is 14.1. The van der Waals surface area contributed by atoms with Crippen molar-refractivity contribution in [1.29, 1.82) is 0 Å². The molecule has 1 aliphatic rings. The molecule has 116 valence electrons. The minimum absolute atomic E-state index is 0.0642. The molecular weight excluding hydrogens is 289 g/mol. The largest absolute Gasteiger partial charge is 0.477 e. The van der Waals surface area contributed by atoms with Gasteiger partial charge in [-0.15, -0.1) is 0 Å². The Morgan fingerprint density at radius 2 is 2.23 bits per heavy atom. The van der Waals surface area contributed by atoms with Crippen LogP contribution in [0.2, 0.25) is 0 Å². The highest BCUT2D eigenvalue weighted by molar-refractivity contribution is 5.93. The first-order valence-electron chi connectivity index (χ1n) is 7.04. The second-order valence-electron chi connectivity index (χ2n) is 5.49. The number of rotatable bonds is 2. The number of carboxylic acids is 1. The average Bonchev–Trinajstić information content (AvgIpc) is 2.50. The van der Waals surface area contributed by atoms with E-state index >= 15 is 0 Å². The summed E-state index contributed by atoms with van der Waals surface area (Å²) in [6.45, 7) is 4.48. The maximum Gasteiger partial charge on any atom is 0.341 e. The zero-order chi connectivity index (χ0) is 15.9. The van der Waals surface area contributed by atoms with E-state index in [9.17, 15) is 14.1 Å². The number of anilines is 1. The number of hydrogen-bond donors (Lipinski definition) is 2. The standard InChI is InChI=1S/C15H16FN3O3/c1-9-7-18(5-4-17-9)10-2-3-11-13(6-10)19(16)8-12(14(11)20)15(21)22/h2-3,6,8-9,17H,4-5,7H2,1H3,(H,21,22). The lowest BCUT2D eigenvalue weighted by Crippen LogP contribution is -2.49. The molecule has 1 aliphatic heterocycles. The smallest absolute Gasteiger partial charge is 0.341 e. The van der Waals surface area contributed by atoms with Gasteiger partial charge in [0.25, 0.3) is 0 Å². The van der Waals surface area contributed by atoms with Gasteiger partial charge in [0.1, 0.15) is 5.56 Å². The van der Waals surface area contributed by atoms with Crippen molar-refractivity contribution < 1.29 is 14.4 Å². The monoisotopic (exact) mass is 305 g/mol. The summed E-state index contributed by atoms with van der Waals surface area (Å²) in [6, 6.07) is 5.13. The van der Waals surface area contributed by atoms with Crippen LogP contribution in [0.25, 0.3) is 10.9 Å². The van der Waals surface area contributed by atoms with Gasteiger partial charge >= 0.3 is 5.97 Å². The van der Waals surface area contributed by atoms with E-state index in [0.29, 0.717) is 6.04 Å². The molecule has 0 bridgehead atoms. The van der Waals surface area contributed by atoms with Gasteiger partial charge in [-0.3, -0.25) is 4.79 Å². The molecule has 22 heavy (non-hydrogen) atoms. The van der Waals surface area contributed by atoms with Crippen LogP contribution in [-0.4, -0.2) is 41.5 Å². The molecule has 2 N–H and O–H groups in total. The van der Waals surface area contributed by atoms with Gasteiger partial charge in [0.2, 0.25) is 5.43 Å². The van der Waals surface area contributed by atoms with E-state index in [4.69, 9.17) is 5.11 Å². The Morgan fingerprint density at radius 3 is 2.91 bits per heavy atom. The third-order valence-electron chi connectivity index (χ3n) is 3.91. The van der Waals surface area contributed by atoms with Gasteiger partial charge in [0, 0.05) is 36.7 Å². The second-order valence-corrected chi connectivity index (χ2v) is 5.49. The summed E-state index contributed by atoms with van der Waals surface area (Å²) in [7, 11) is 0. The number of fused-ring (bicyclic) bond motifs is 1. The van der Waals surface area contributed by atoms with Crippen LogP contribution in [0.4, 0.5) is 10.2 Å². The number of carbonyl (C=O) groups is 1. The molecule has 2 heterocycles. The lowest BCUT2D eigenvalue weighted by Gasteiger charge is -2.33. The highest BCUT2D eigenvalue weighted by atomic mass is 19.2. The highest BCUT2D eigenvalue weighted by Gasteiger charge is 2.19. The van der Waals surface area contributed by atoms with E-state index in [1.807, 2.05) is 0 Å². The van der Waals surface area contributed by atoms with Crippen LogP contribution in [0.15, 0.2) is 29.2 Å². The van der Waals surface area contributed by atoms with Crippen LogP contribution in [0.1, 0.15) is 17.3 Å². The van der Waals surface area contributed by atoms with Crippen LogP contribution in [0.3, 0.4) is 0 Å². The SMILES string of the molecule is CC1CN(c2ccc3c(=O)c(C(=O)O)cn(F)c3c2)CCN1. The molecule has 7 heteroatoms. The van der Waals surface area contributed by atoms with E-state index in [0.717, 1.165) is 31.5 Å². The topological polar surface area (TPSA) is 74.6 Å². The predicted molar refractivity (Wildman–Crippen MR) is 81.4 cm³/mol. The van der Waals surface area contributed by atoms with Crippen molar-refractivity contribution in [2.24, 2.45) is 0 Å². The molecule has 1 atom stereocenters. The summed E-state index contributed by atoms with van der Waals surface area (Å²) in [5.41, 5.74) is -0.344. The first-order chi connectivity index (χ1) is 10.5. The second kappa shape index (κ2) is 5.42. The molecule has 0 aliphatic carbocycles. The molecule has 0 radical (unpaired) electrons. The number of nitrogens with one attached hydrogen (secondary N) is 1. The number of pyridine rings is 1. The molecule has 3 rings (SSSR count). The number of piperazine rings is 1. The van der Waals surface area contributed by atoms with Crippen LogP contribution >= 0.6 is 0 Å². The van der Waals surface area contributed by atoms with Crippen LogP contribution in [-0.2, 0) is 0 Å². The molecule has 0 saturated carbocycles. The molecule has 1 aromatic heterocycles. The van der Waals surface area contributed by atoms with E-state index in [2.05, 4.69) is 17.1 Å². The number of benzene rings is 1. The van der Waals surface area contributed by atoms with Crippen molar-refractivity contribution in [2.75, 3.05) is 24.5 Å². The van der Waals surface area contributed by atoms with Crippen LogP contribution < -0.4 is 15.6 Å². The Bertz CT molecular complexity index is 802. The van der Waals surface area contributed by atoms with Crippen LogP contribution in [0, 0.1) is 0 Å². The number of aromatic nitrogens is 1. The van der Waals surface area contributed by atoms with Gasteiger partial charge in [0.15, 0.2) is 0 Å². The number of carboxylic acid groups (broad SMARTS) is 1. The Balaban J connectivity index is 2.11. The lowest BCUT2D eigenvalue weighted by atomic mass is 10.1. The van der Waals surface area contributed by atoms with Crippen molar-refractivity contribution in [3.05, 3.63) is 40.2 Å². The number of nitrogens with zero attached hydrogens (tertiary/aromatic N) is 2. The third-order valence-corrected chi connectivity index (χ3v) is 3.91. The summed E-state index contributed by atoms with van der Waals surface area (Å²) in [5, 5.41) is 12.3. The van der Waals surface area contributed by atoms with Crippen molar-refractivity contribution in [2.45, 2.75) is 13.0 Å². The predicted octanol–water partition coefficient (Wildman–Crippen LogP) is 1.23. The minimum atomic E-state index is -1.43. The summed E-state index contributed by atoms with van der Waals surface area (Å²) in [6.07, 6.45) is 0.719. The molecule has 1 fully saturated rings. The minimum Gasteiger partial charge on any atom is -0.477 e. The summed E-state index contributed by atoms with van der Waals surface area (Å²) in [4.78, 5) is 25.4. The van der Waals surface area contributed by atoms with Gasteiger partial charge in [-0.25, -0.2) is 4.79 Å². The van der Waals surface area contributed by atoms with E-state index < -0.39 is 17.0 Å². The zero-order valence-corrected chi connectivity index (χ0v) is 12.0. The molecule has 1 unspecified atom stereocenters. The van der Waals surface area contributed by atoms with Gasteiger partial charge in [0.05, 0.1) is 11.7 Å². The Hall–Kier alpha value is -2.41. The van der Waals surface area contributed by atoms with Crippen molar-refractivity contribution in [1.82, 2.24) is 10.1 Å². The average molecular weight is 305 g/mol. The Morgan fingerprint density at radius 1 is 1.45 bits per heavy atom. The van der Waals surface area contributed by atoms with E-state index in [1.54, 1.807) is 12.1 Å². The van der Waals surface area contributed by atoms with Gasteiger partial charge in [-0.05, 0) is 25.1 Å². The van der Waals surface area contributed by atoms with E-state index in [1.165, 1.54) is 6.07 Å². The zero-order valence-electron chi connectivity index (χ0n) is 12.0. The normalized spacial score (nSPS) is 18.6. The molecule has 1 aromatic carbocycles. The van der Waals surface area contributed by atoms with Gasteiger partial charge < -0.3 is 15.3 Å². The number of halogens is 1. The Kier molecular flexibility index (Phi) is 3.58. The maximum absolute atomic E-state index is 14.1. The van der Waals surface area contributed by atoms with Crippen molar-refractivity contribution in [3.63, 3.8) is 0 Å². The molecule has 0 spiro atoms. The van der Waals surface area contributed by atoms with E-state index in [-0.39, 0.29) is 15.7 Å². The fourth-order valence-electron chi connectivity index (χ4n) is 2.79. The highest BCUT2D eigenvalue weighted by Crippen LogP contribution is 2.22. The molecule has 1 saturated heterocycles. The van der Waals surface area contributed by atoms with Crippen molar-refractivity contribution >= 4 is 22.6 Å². The fourth-order valence-corrected chi connectivity index (χ4v) is 2.79. The fraction of sp³-hybridized carbons (Fsp3) is 0.333. The van der Waals surface area contributed by atoms with Gasteiger partial charge in [-0.2, -0.15) is 4.79 Å². The molecule has 6 nitrogen and oxygen atoms in total. The first kappa shape index (κ1) is 14.5.